The average molecular weight is 280 g/mol. The minimum absolute atomic E-state index is 0.0141. The third-order valence-corrected chi connectivity index (χ3v) is 2.74. The Balaban J connectivity index is 2.69. The molecule has 0 saturated carbocycles. The standard InChI is InChI=1S/C14H20N2O4/c1-16(2)9-10-3-5-11(6-4-10)13(18)15-12(7-8-17)14(19)20/h3-6,12,17H,7-9H2,1-2H3,(H,15,18)(H,19,20)/t12-/m0/s1. The molecule has 0 aliphatic carbocycles. The van der Waals surface area contributed by atoms with E-state index in [0.29, 0.717) is 5.56 Å². The van der Waals surface area contributed by atoms with Crippen LogP contribution in [-0.2, 0) is 11.3 Å². The molecule has 1 aromatic carbocycles. The second-order valence-corrected chi connectivity index (χ2v) is 4.81. The summed E-state index contributed by atoms with van der Waals surface area (Å²) in [6, 6.07) is 5.90. The van der Waals surface area contributed by atoms with Crippen molar-refractivity contribution in [1.29, 1.82) is 0 Å². The zero-order valence-corrected chi connectivity index (χ0v) is 11.7. The van der Waals surface area contributed by atoms with E-state index in [0.717, 1.165) is 12.1 Å². The summed E-state index contributed by atoms with van der Waals surface area (Å²) in [4.78, 5) is 24.8. The maximum Gasteiger partial charge on any atom is 0.326 e. The first-order valence-corrected chi connectivity index (χ1v) is 6.32. The number of hydrogen-bond acceptors (Lipinski definition) is 4. The lowest BCUT2D eigenvalue weighted by Gasteiger charge is -2.14. The highest BCUT2D eigenvalue weighted by Crippen LogP contribution is 2.07. The van der Waals surface area contributed by atoms with E-state index in [4.69, 9.17) is 10.2 Å². The topological polar surface area (TPSA) is 89.9 Å². The van der Waals surface area contributed by atoms with Crippen molar-refractivity contribution in [3.05, 3.63) is 35.4 Å². The molecule has 1 aromatic rings. The van der Waals surface area contributed by atoms with Crippen molar-refractivity contribution in [3.63, 3.8) is 0 Å². The number of rotatable bonds is 7. The van der Waals surface area contributed by atoms with E-state index in [1.165, 1.54) is 0 Å². The average Bonchev–Trinajstić information content (AvgIpc) is 2.38. The molecule has 0 spiro atoms. The Bertz CT molecular complexity index is 457. The second kappa shape index (κ2) is 7.62. The van der Waals surface area contributed by atoms with Crippen molar-refractivity contribution in [2.75, 3.05) is 20.7 Å². The number of carbonyl (C=O) groups excluding carboxylic acids is 1. The number of benzene rings is 1. The summed E-state index contributed by atoms with van der Waals surface area (Å²) in [6.07, 6.45) is -0.0141. The van der Waals surface area contributed by atoms with Gasteiger partial charge < -0.3 is 20.4 Å². The van der Waals surface area contributed by atoms with Crippen molar-refractivity contribution in [2.45, 2.75) is 19.0 Å². The van der Waals surface area contributed by atoms with Crippen LogP contribution in [0.1, 0.15) is 22.3 Å². The second-order valence-electron chi connectivity index (χ2n) is 4.81. The number of carbonyl (C=O) groups is 2. The van der Waals surface area contributed by atoms with Gasteiger partial charge in [-0.2, -0.15) is 0 Å². The van der Waals surface area contributed by atoms with E-state index in [9.17, 15) is 9.59 Å². The van der Waals surface area contributed by atoms with Gasteiger partial charge in [-0.15, -0.1) is 0 Å². The van der Waals surface area contributed by atoms with Gasteiger partial charge in [0.15, 0.2) is 0 Å². The third-order valence-electron chi connectivity index (χ3n) is 2.74. The quantitative estimate of drug-likeness (QED) is 0.669. The van der Waals surface area contributed by atoms with Crippen LogP contribution in [-0.4, -0.2) is 53.7 Å². The number of nitrogens with zero attached hydrogens (tertiary/aromatic N) is 1. The first-order chi connectivity index (χ1) is 9.43. The molecule has 0 fully saturated rings. The maximum atomic E-state index is 11.9. The minimum atomic E-state index is -1.16. The number of carboxylic acid groups (broad SMARTS) is 1. The van der Waals surface area contributed by atoms with Gasteiger partial charge in [-0.3, -0.25) is 4.79 Å². The van der Waals surface area contributed by atoms with Crippen LogP contribution in [0.15, 0.2) is 24.3 Å². The van der Waals surface area contributed by atoms with Crippen LogP contribution in [0.4, 0.5) is 0 Å². The van der Waals surface area contributed by atoms with Gasteiger partial charge in [0, 0.05) is 25.1 Å². The fourth-order valence-electron chi connectivity index (χ4n) is 1.75. The molecule has 6 nitrogen and oxygen atoms in total. The van der Waals surface area contributed by atoms with Crippen molar-refractivity contribution >= 4 is 11.9 Å². The van der Waals surface area contributed by atoms with Crippen molar-refractivity contribution in [3.8, 4) is 0 Å². The number of hydrogen-bond donors (Lipinski definition) is 3. The molecule has 0 unspecified atom stereocenters. The number of carboxylic acids is 1. The van der Waals surface area contributed by atoms with Crippen LogP contribution >= 0.6 is 0 Å². The van der Waals surface area contributed by atoms with Gasteiger partial charge in [-0.05, 0) is 31.8 Å². The lowest BCUT2D eigenvalue weighted by atomic mass is 10.1. The summed E-state index contributed by atoms with van der Waals surface area (Å²) in [6.45, 7) is 0.475. The van der Waals surface area contributed by atoms with E-state index in [1.807, 2.05) is 31.1 Å². The molecular formula is C14H20N2O4. The highest BCUT2D eigenvalue weighted by molar-refractivity contribution is 5.96. The molecule has 0 aliphatic heterocycles. The summed E-state index contributed by atoms with van der Waals surface area (Å²) in [5.41, 5.74) is 1.47. The van der Waals surface area contributed by atoms with Gasteiger partial charge in [0.05, 0.1) is 0 Å². The Morgan fingerprint density at radius 2 is 1.85 bits per heavy atom. The molecule has 0 aliphatic rings. The minimum Gasteiger partial charge on any atom is -0.480 e. The van der Waals surface area contributed by atoms with Crippen LogP contribution in [0.3, 0.4) is 0 Å². The van der Waals surface area contributed by atoms with Crippen molar-refractivity contribution in [2.24, 2.45) is 0 Å². The Morgan fingerprint density at radius 1 is 1.25 bits per heavy atom. The molecule has 0 heterocycles. The van der Waals surface area contributed by atoms with E-state index in [-0.39, 0.29) is 13.0 Å². The molecule has 0 saturated heterocycles. The monoisotopic (exact) mass is 280 g/mol. The zero-order chi connectivity index (χ0) is 15.1. The van der Waals surface area contributed by atoms with Gasteiger partial charge in [-0.25, -0.2) is 4.79 Å². The molecule has 0 radical (unpaired) electrons. The molecule has 3 N–H and O–H groups in total. The predicted molar refractivity (Wildman–Crippen MR) is 74.4 cm³/mol. The summed E-state index contributed by atoms with van der Waals surface area (Å²) in [5.74, 6) is -1.61. The molecule has 20 heavy (non-hydrogen) atoms. The number of aliphatic hydroxyl groups excluding tert-OH is 1. The zero-order valence-electron chi connectivity index (χ0n) is 11.7. The number of aliphatic carboxylic acids is 1. The first-order valence-electron chi connectivity index (χ1n) is 6.32. The highest BCUT2D eigenvalue weighted by Gasteiger charge is 2.19. The first kappa shape index (κ1) is 16.1. The molecule has 1 amide bonds. The van der Waals surface area contributed by atoms with Gasteiger partial charge in [0.25, 0.3) is 5.91 Å². The van der Waals surface area contributed by atoms with E-state index >= 15 is 0 Å². The van der Waals surface area contributed by atoms with Crippen LogP contribution in [0.5, 0.6) is 0 Å². The van der Waals surface area contributed by atoms with Crippen LogP contribution in [0, 0.1) is 0 Å². The molecule has 1 atom stereocenters. The van der Waals surface area contributed by atoms with Crippen LogP contribution < -0.4 is 5.32 Å². The molecule has 6 heteroatoms. The Hall–Kier alpha value is -1.92. The van der Waals surface area contributed by atoms with Crippen LogP contribution in [0.25, 0.3) is 0 Å². The normalized spacial score (nSPS) is 12.2. The molecule has 1 rings (SSSR count). The SMILES string of the molecule is CN(C)Cc1ccc(C(=O)N[C@@H](CCO)C(=O)O)cc1. The third kappa shape index (κ3) is 4.99. The highest BCUT2D eigenvalue weighted by atomic mass is 16.4. The molecular weight excluding hydrogens is 260 g/mol. The van der Waals surface area contributed by atoms with E-state index < -0.39 is 17.9 Å². The number of nitrogens with one attached hydrogen (secondary N) is 1. The lowest BCUT2D eigenvalue weighted by molar-refractivity contribution is -0.139. The summed E-state index contributed by atoms with van der Waals surface area (Å²) >= 11 is 0. The van der Waals surface area contributed by atoms with Gasteiger partial charge in [0.2, 0.25) is 0 Å². The number of amides is 1. The van der Waals surface area contributed by atoms with Crippen LogP contribution in [0.2, 0.25) is 0 Å². The van der Waals surface area contributed by atoms with Gasteiger partial charge >= 0.3 is 5.97 Å². The maximum absolute atomic E-state index is 11.9. The van der Waals surface area contributed by atoms with Crippen molar-refractivity contribution < 1.29 is 19.8 Å². The fraction of sp³-hybridized carbons (Fsp3) is 0.429. The predicted octanol–water partition coefficient (Wildman–Crippen LogP) is 0.314. The van der Waals surface area contributed by atoms with E-state index in [2.05, 4.69) is 5.32 Å². The molecule has 0 bridgehead atoms. The number of aliphatic hydroxyl groups is 1. The summed E-state index contributed by atoms with van der Waals surface area (Å²) < 4.78 is 0. The molecule has 0 aromatic heterocycles. The Kier molecular flexibility index (Phi) is 6.14. The van der Waals surface area contributed by atoms with Crippen molar-refractivity contribution in [1.82, 2.24) is 10.2 Å². The lowest BCUT2D eigenvalue weighted by Crippen LogP contribution is -2.41. The largest absolute Gasteiger partial charge is 0.480 e. The summed E-state index contributed by atoms with van der Waals surface area (Å²) in [7, 11) is 3.90. The van der Waals surface area contributed by atoms with E-state index in [1.54, 1.807) is 12.1 Å². The Labute approximate surface area is 118 Å². The molecule has 110 valence electrons. The summed E-state index contributed by atoms with van der Waals surface area (Å²) in [5, 5.41) is 20.1. The fourth-order valence-corrected chi connectivity index (χ4v) is 1.75. The smallest absolute Gasteiger partial charge is 0.326 e. The van der Waals surface area contributed by atoms with Gasteiger partial charge in [-0.1, -0.05) is 12.1 Å². The van der Waals surface area contributed by atoms with Gasteiger partial charge in [0.1, 0.15) is 6.04 Å². The Morgan fingerprint density at radius 3 is 2.30 bits per heavy atom.